The van der Waals surface area contributed by atoms with Gasteiger partial charge in [0.15, 0.2) is 0 Å². The zero-order chi connectivity index (χ0) is 17.5. The second-order valence-electron chi connectivity index (χ2n) is 7.76. The first-order chi connectivity index (χ1) is 12.8. The molecule has 0 amide bonds. The van der Waals surface area contributed by atoms with Gasteiger partial charge in [-0.25, -0.2) is 0 Å². The van der Waals surface area contributed by atoms with Crippen molar-refractivity contribution in [3.8, 4) is 0 Å². The van der Waals surface area contributed by atoms with Crippen LogP contribution in [0.25, 0.3) is 0 Å². The Labute approximate surface area is 153 Å². The van der Waals surface area contributed by atoms with Crippen molar-refractivity contribution in [1.29, 1.82) is 0 Å². The molecular weight excluding hydrogens is 326 g/mol. The number of piperidine rings is 1. The van der Waals surface area contributed by atoms with Crippen molar-refractivity contribution in [3.05, 3.63) is 58.4 Å². The first kappa shape index (κ1) is 15.9. The van der Waals surface area contributed by atoms with E-state index in [1.807, 2.05) is 0 Å². The fraction of sp³-hybridized carbons (Fsp3) is 0.476. The molecule has 5 nitrogen and oxygen atoms in total. The summed E-state index contributed by atoms with van der Waals surface area (Å²) >= 11 is 0. The van der Waals surface area contributed by atoms with E-state index in [-0.39, 0.29) is 5.56 Å². The number of benzene rings is 1. The molecule has 3 aliphatic rings. The molecule has 2 aromatic rings. The van der Waals surface area contributed by atoms with Crippen LogP contribution in [0.3, 0.4) is 0 Å². The average Bonchev–Trinajstić information content (AvgIpc) is 3.37. The van der Waals surface area contributed by atoms with Gasteiger partial charge in [-0.05, 0) is 30.2 Å². The number of fused-ring (bicyclic) bond motifs is 1. The van der Waals surface area contributed by atoms with Crippen molar-refractivity contribution >= 4 is 11.5 Å². The van der Waals surface area contributed by atoms with Gasteiger partial charge in [0.05, 0.1) is 13.2 Å². The molecule has 2 saturated heterocycles. The molecule has 26 heavy (non-hydrogen) atoms. The van der Waals surface area contributed by atoms with E-state index in [1.54, 1.807) is 6.07 Å². The predicted octanol–water partition coefficient (Wildman–Crippen LogP) is 2.28. The van der Waals surface area contributed by atoms with E-state index in [0.29, 0.717) is 6.04 Å². The van der Waals surface area contributed by atoms with E-state index < -0.39 is 0 Å². The summed E-state index contributed by atoms with van der Waals surface area (Å²) in [6.07, 6.45) is 2.38. The summed E-state index contributed by atoms with van der Waals surface area (Å²) in [7, 11) is 0. The molecule has 1 saturated carbocycles. The quantitative estimate of drug-likeness (QED) is 0.918. The molecule has 136 valence electrons. The topological polar surface area (TPSA) is 48.6 Å². The number of nitrogens with zero attached hydrogens (tertiary/aromatic N) is 2. The summed E-state index contributed by atoms with van der Waals surface area (Å²) < 4.78 is 5.45. The summed E-state index contributed by atoms with van der Waals surface area (Å²) in [5.41, 5.74) is 2.39. The monoisotopic (exact) mass is 351 g/mol. The van der Waals surface area contributed by atoms with Crippen LogP contribution in [0.15, 0.2) is 47.3 Å². The second-order valence-corrected chi connectivity index (χ2v) is 7.76. The van der Waals surface area contributed by atoms with Crippen molar-refractivity contribution in [2.24, 2.45) is 11.8 Å². The van der Waals surface area contributed by atoms with Gasteiger partial charge < -0.3 is 19.5 Å². The standard InChI is InChI=1S/C21H25N3O2/c25-21-13-17(23-6-8-26-9-7-23)12-20(22-21)24-14-16-11-18(16)19(24)10-15-4-2-1-3-5-15/h1-5,12-13,16,18-19H,6-11,14H2,(H,22,25)/t16-,18-,19-/m1/s1. The van der Waals surface area contributed by atoms with Crippen LogP contribution in [0.5, 0.6) is 0 Å². The van der Waals surface area contributed by atoms with Gasteiger partial charge in [0, 0.05) is 43.5 Å². The molecule has 1 aliphatic carbocycles. The molecule has 3 heterocycles. The lowest BCUT2D eigenvalue weighted by atomic mass is 10.0. The van der Waals surface area contributed by atoms with Gasteiger partial charge in [-0.15, -0.1) is 0 Å². The lowest BCUT2D eigenvalue weighted by Gasteiger charge is -2.32. The van der Waals surface area contributed by atoms with E-state index in [9.17, 15) is 4.79 Å². The minimum Gasteiger partial charge on any atom is -0.378 e. The van der Waals surface area contributed by atoms with E-state index in [1.165, 1.54) is 12.0 Å². The van der Waals surface area contributed by atoms with Gasteiger partial charge in [0.25, 0.3) is 5.56 Å². The van der Waals surface area contributed by atoms with Crippen molar-refractivity contribution in [3.63, 3.8) is 0 Å². The fourth-order valence-electron chi connectivity index (χ4n) is 4.64. The molecule has 0 bridgehead atoms. The number of nitrogens with one attached hydrogen (secondary N) is 1. The Morgan fingerprint density at radius 2 is 1.92 bits per heavy atom. The van der Waals surface area contributed by atoms with Crippen molar-refractivity contribution in [2.75, 3.05) is 42.6 Å². The van der Waals surface area contributed by atoms with E-state index in [0.717, 1.165) is 62.6 Å². The largest absolute Gasteiger partial charge is 0.378 e. The van der Waals surface area contributed by atoms with Gasteiger partial charge >= 0.3 is 0 Å². The SMILES string of the molecule is O=c1cc(N2CCOCC2)cc(N2C[C@H]3C[C@H]3[C@H]2Cc2ccccc2)[nH]1. The predicted molar refractivity (Wildman–Crippen MR) is 103 cm³/mol. The van der Waals surface area contributed by atoms with Gasteiger partial charge in [0.2, 0.25) is 0 Å². The Morgan fingerprint density at radius 3 is 2.73 bits per heavy atom. The first-order valence-electron chi connectivity index (χ1n) is 9.65. The van der Waals surface area contributed by atoms with Crippen LogP contribution >= 0.6 is 0 Å². The summed E-state index contributed by atoms with van der Waals surface area (Å²) in [5.74, 6) is 2.54. The van der Waals surface area contributed by atoms with Crippen molar-refractivity contribution in [1.82, 2.24) is 4.98 Å². The van der Waals surface area contributed by atoms with E-state index in [4.69, 9.17) is 4.74 Å². The van der Waals surface area contributed by atoms with Gasteiger partial charge in [-0.2, -0.15) is 0 Å². The van der Waals surface area contributed by atoms with Crippen LogP contribution in [0.2, 0.25) is 0 Å². The normalized spacial score (nSPS) is 27.5. The third kappa shape index (κ3) is 3.01. The first-order valence-corrected chi connectivity index (χ1v) is 9.65. The summed E-state index contributed by atoms with van der Waals surface area (Å²) in [5, 5.41) is 0. The van der Waals surface area contributed by atoms with Crippen LogP contribution in [-0.2, 0) is 11.2 Å². The maximum absolute atomic E-state index is 12.3. The van der Waals surface area contributed by atoms with Gasteiger partial charge in [-0.3, -0.25) is 4.79 Å². The lowest BCUT2D eigenvalue weighted by Crippen LogP contribution is -2.38. The maximum atomic E-state index is 12.3. The van der Waals surface area contributed by atoms with Crippen molar-refractivity contribution < 1.29 is 4.74 Å². The Bertz CT molecular complexity index is 829. The third-order valence-corrected chi connectivity index (χ3v) is 6.09. The molecule has 0 radical (unpaired) electrons. The van der Waals surface area contributed by atoms with Crippen LogP contribution in [-0.4, -0.2) is 43.9 Å². The highest BCUT2D eigenvalue weighted by atomic mass is 16.5. The smallest absolute Gasteiger partial charge is 0.251 e. The van der Waals surface area contributed by atoms with E-state index in [2.05, 4.69) is 51.2 Å². The number of aromatic nitrogens is 1. The molecule has 0 spiro atoms. The number of H-pyrrole nitrogens is 1. The summed E-state index contributed by atoms with van der Waals surface area (Å²) in [6.45, 7) is 4.22. The molecule has 1 aromatic heterocycles. The lowest BCUT2D eigenvalue weighted by molar-refractivity contribution is 0.122. The van der Waals surface area contributed by atoms with Crippen LogP contribution in [0.4, 0.5) is 11.5 Å². The molecule has 2 aliphatic heterocycles. The molecule has 1 aromatic carbocycles. The molecule has 0 unspecified atom stereocenters. The maximum Gasteiger partial charge on any atom is 0.251 e. The number of rotatable bonds is 4. The minimum atomic E-state index is -0.0111. The number of anilines is 2. The number of ether oxygens (including phenoxy) is 1. The number of morpholine rings is 1. The molecular formula is C21H25N3O2. The number of pyridine rings is 1. The highest BCUT2D eigenvalue weighted by Gasteiger charge is 2.52. The minimum absolute atomic E-state index is 0.0111. The van der Waals surface area contributed by atoms with Crippen LogP contribution in [0.1, 0.15) is 12.0 Å². The number of hydrogen-bond donors (Lipinski definition) is 1. The zero-order valence-corrected chi connectivity index (χ0v) is 14.9. The Hall–Kier alpha value is -2.27. The van der Waals surface area contributed by atoms with Crippen LogP contribution in [0, 0.1) is 11.8 Å². The van der Waals surface area contributed by atoms with Crippen LogP contribution < -0.4 is 15.4 Å². The number of aromatic amines is 1. The molecule has 1 N–H and O–H groups in total. The highest BCUT2D eigenvalue weighted by Crippen LogP contribution is 2.51. The fourth-order valence-corrected chi connectivity index (χ4v) is 4.64. The van der Waals surface area contributed by atoms with Gasteiger partial charge in [-0.1, -0.05) is 30.3 Å². The summed E-state index contributed by atoms with van der Waals surface area (Å²) in [6, 6.07) is 15.1. The molecule has 3 atom stereocenters. The molecule has 5 rings (SSSR count). The highest BCUT2D eigenvalue weighted by molar-refractivity contribution is 5.57. The van der Waals surface area contributed by atoms with E-state index >= 15 is 0 Å². The zero-order valence-electron chi connectivity index (χ0n) is 14.9. The Balaban J connectivity index is 1.43. The van der Waals surface area contributed by atoms with Crippen molar-refractivity contribution in [2.45, 2.75) is 18.9 Å². The third-order valence-electron chi connectivity index (χ3n) is 6.09. The second kappa shape index (κ2) is 6.47. The Morgan fingerprint density at radius 1 is 1.12 bits per heavy atom. The van der Waals surface area contributed by atoms with Gasteiger partial charge in [0.1, 0.15) is 5.82 Å². The number of hydrogen-bond acceptors (Lipinski definition) is 4. The Kier molecular flexibility index (Phi) is 3.97. The summed E-state index contributed by atoms with van der Waals surface area (Å²) in [4.78, 5) is 20.1. The molecule has 5 heteroatoms. The average molecular weight is 351 g/mol. The molecule has 3 fully saturated rings.